The zero-order chi connectivity index (χ0) is 20.0. The minimum Gasteiger partial charge on any atom is -0.332 e. The Kier molecular flexibility index (Phi) is 4.70. The smallest absolute Gasteiger partial charge is 0.255 e. The normalized spacial score (nSPS) is 22.0. The topological polar surface area (TPSA) is 69.3 Å². The maximum Gasteiger partial charge on any atom is 0.255 e. The molecule has 1 saturated carbocycles. The number of amides is 1. The minimum atomic E-state index is -0.220. The molecule has 1 aromatic heterocycles. The van der Waals surface area contributed by atoms with Gasteiger partial charge in [-0.3, -0.25) is 14.5 Å². The van der Waals surface area contributed by atoms with Gasteiger partial charge in [0.2, 0.25) is 5.91 Å². The predicted octanol–water partition coefficient (Wildman–Crippen LogP) is 2.54. The molecule has 2 aliphatic heterocycles. The Morgan fingerprint density at radius 1 is 1.21 bits per heavy atom. The van der Waals surface area contributed by atoms with E-state index < -0.39 is 0 Å². The zero-order valence-corrected chi connectivity index (χ0v) is 16.4. The molecule has 6 nitrogen and oxygen atoms in total. The molecule has 1 aliphatic carbocycles. The van der Waals surface area contributed by atoms with E-state index in [1.165, 1.54) is 6.07 Å². The second-order valence-electron chi connectivity index (χ2n) is 8.39. The fourth-order valence-electron chi connectivity index (χ4n) is 4.54. The first-order valence-electron chi connectivity index (χ1n) is 10.5. The Morgan fingerprint density at radius 3 is 2.83 bits per heavy atom. The molecule has 7 heteroatoms. The summed E-state index contributed by atoms with van der Waals surface area (Å²) in [6, 6.07) is 6.64. The van der Waals surface area contributed by atoms with Crippen LogP contribution in [0.4, 0.5) is 4.39 Å². The average molecular weight is 396 g/mol. The maximum atomic E-state index is 14.0. The number of hydrogen-bond acceptors (Lipinski definition) is 4. The standard InChI is InChI=1S/C22H25FN4O2/c23-17-5-2-1-4-15(17)12-26-11-9-18-16(13-26)21(28)25-20(24-18)19-6-3-10-27(19)22(29)14-7-8-14/h1-2,4-5,14,19H,3,6-13H2,(H,24,25,28)/t19-/m1/s1. The van der Waals surface area contributed by atoms with Gasteiger partial charge in [-0.15, -0.1) is 0 Å². The summed E-state index contributed by atoms with van der Waals surface area (Å²) in [6.45, 7) is 2.41. The monoisotopic (exact) mass is 396 g/mol. The van der Waals surface area contributed by atoms with Crippen LogP contribution in [-0.4, -0.2) is 38.8 Å². The molecule has 3 heterocycles. The van der Waals surface area contributed by atoms with Gasteiger partial charge in [0, 0.05) is 44.1 Å². The molecule has 0 unspecified atom stereocenters. The summed E-state index contributed by atoms with van der Waals surface area (Å²) in [6.07, 6.45) is 4.41. The van der Waals surface area contributed by atoms with Crippen LogP contribution in [0, 0.1) is 11.7 Å². The van der Waals surface area contributed by atoms with Crippen LogP contribution in [0.15, 0.2) is 29.1 Å². The van der Waals surface area contributed by atoms with Crippen molar-refractivity contribution in [3.8, 4) is 0 Å². The van der Waals surface area contributed by atoms with Gasteiger partial charge in [-0.05, 0) is 31.7 Å². The Bertz CT molecular complexity index is 1000. The van der Waals surface area contributed by atoms with Crippen molar-refractivity contribution < 1.29 is 9.18 Å². The van der Waals surface area contributed by atoms with Crippen LogP contribution in [0.3, 0.4) is 0 Å². The van der Waals surface area contributed by atoms with Gasteiger partial charge in [0.25, 0.3) is 5.56 Å². The van der Waals surface area contributed by atoms with E-state index in [2.05, 4.69) is 9.88 Å². The highest BCUT2D eigenvalue weighted by Gasteiger charge is 2.40. The van der Waals surface area contributed by atoms with Gasteiger partial charge >= 0.3 is 0 Å². The highest BCUT2D eigenvalue weighted by molar-refractivity contribution is 5.81. The van der Waals surface area contributed by atoms with Gasteiger partial charge in [-0.2, -0.15) is 0 Å². The molecule has 0 radical (unpaired) electrons. The number of hydrogen-bond donors (Lipinski definition) is 1. The number of nitrogens with one attached hydrogen (secondary N) is 1. The molecular weight excluding hydrogens is 371 g/mol. The SMILES string of the molecule is O=C(C1CC1)N1CCC[C@@H]1c1nc2c(c(=O)[nH]1)CN(Cc1ccccc1F)CC2. The van der Waals surface area contributed by atoms with Crippen LogP contribution in [0.2, 0.25) is 0 Å². The number of carbonyl (C=O) groups excluding carboxylic acids is 1. The van der Waals surface area contributed by atoms with Gasteiger partial charge in [0.05, 0.1) is 17.3 Å². The fraction of sp³-hybridized carbons (Fsp3) is 0.500. The number of fused-ring (bicyclic) bond motifs is 1. The van der Waals surface area contributed by atoms with Crippen molar-refractivity contribution >= 4 is 5.91 Å². The first-order valence-corrected chi connectivity index (χ1v) is 10.5. The summed E-state index contributed by atoms with van der Waals surface area (Å²) in [5, 5.41) is 0. The number of likely N-dealkylation sites (tertiary alicyclic amines) is 1. The third kappa shape index (κ3) is 3.59. The van der Waals surface area contributed by atoms with Crippen LogP contribution in [0.25, 0.3) is 0 Å². The molecule has 1 atom stereocenters. The maximum absolute atomic E-state index is 14.0. The lowest BCUT2D eigenvalue weighted by atomic mass is 10.0. The van der Waals surface area contributed by atoms with Crippen LogP contribution in [0.1, 0.15) is 54.4 Å². The van der Waals surface area contributed by atoms with E-state index in [0.29, 0.717) is 36.5 Å². The van der Waals surface area contributed by atoms with Crippen molar-refractivity contribution in [1.82, 2.24) is 19.8 Å². The van der Waals surface area contributed by atoms with Gasteiger partial charge in [-0.25, -0.2) is 9.37 Å². The van der Waals surface area contributed by atoms with Gasteiger partial charge in [0.15, 0.2) is 0 Å². The zero-order valence-electron chi connectivity index (χ0n) is 16.4. The highest BCUT2D eigenvalue weighted by Crippen LogP contribution is 2.37. The minimum absolute atomic E-state index is 0.113. The Labute approximate surface area is 168 Å². The number of benzene rings is 1. The molecule has 1 amide bonds. The summed E-state index contributed by atoms with van der Waals surface area (Å²) < 4.78 is 14.0. The van der Waals surface area contributed by atoms with E-state index in [1.54, 1.807) is 12.1 Å². The van der Waals surface area contributed by atoms with Crippen LogP contribution in [-0.2, 0) is 24.3 Å². The van der Waals surface area contributed by atoms with Gasteiger partial charge < -0.3 is 9.88 Å². The molecule has 1 aromatic carbocycles. The lowest BCUT2D eigenvalue weighted by Crippen LogP contribution is -2.38. The first-order chi connectivity index (χ1) is 14.1. The highest BCUT2D eigenvalue weighted by atomic mass is 19.1. The van der Waals surface area contributed by atoms with Gasteiger partial charge in [-0.1, -0.05) is 18.2 Å². The number of H-pyrrole nitrogens is 1. The Balaban J connectivity index is 1.36. The molecule has 2 aromatic rings. The molecule has 3 aliphatic rings. The van der Waals surface area contributed by atoms with E-state index in [9.17, 15) is 14.0 Å². The van der Waals surface area contributed by atoms with Crippen molar-refractivity contribution in [2.75, 3.05) is 13.1 Å². The summed E-state index contributed by atoms with van der Waals surface area (Å²) in [7, 11) is 0. The molecule has 29 heavy (non-hydrogen) atoms. The third-order valence-electron chi connectivity index (χ3n) is 6.30. The molecule has 152 valence electrons. The fourth-order valence-corrected chi connectivity index (χ4v) is 4.54. The van der Waals surface area contributed by atoms with E-state index >= 15 is 0 Å². The average Bonchev–Trinajstić information content (AvgIpc) is 3.46. The van der Waals surface area contributed by atoms with Gasteiger partial charge in [0.1, 0.15) is 11.6 Å². The van der Waals surface area contributed by atoms with Crippen molar-refractivity contribution in [2.45, 2.75) is 51.2 Å². The van der Waals surface area contributed by atoms with E-state index in [4.69, 9.17) is 4.98 Å². The quantitative estimate of drug-likeness (QED) is 0.862. The van der Waals surface area contributed by atoms with Crippen molar-refractivity contribution in [3.63, 3.8) is 0 Å². The molecule has 0 spiro atoms. The van der Waals surface area contributed by atoms with Crippen molar-refractivity contribution in [2.24, 2.45) is 5.92 Å². The predicted molar refractivity (Wildman–Crippen MR) is 105 cm³/mol. The number of halogens is 1. The molecule has 1 saturated heterocycles. The Hall–Kier alpha value is -2.54. The van der Waals surface area contributed by atoms with Crippen LogP contribution < -0.4 is 5.56 Å². The van der Waals surface area contributed by atoms with Crippen molar-refractivity contribution in [3.05, 3.63) is 63.1 Å². The Morgan fingerprint density at radius 2 is 2.03 bits per heavy atom. The number of rotatable bonds is 4. The van der Waals surface area contributed by atoms with E-state index in [0.717, 1.165) is 44.5 Å². The largest absolute Gasteiger partial charge is 0.332 e. The number of aromatic amines is 1. The molecular formula is C22H25FN4O2. The molecule has 0 bridgehead atoms. The molecule has 1 N–H and O–H groups in total. The number of carbonyl (C=O) groups is 1. The lowest BCUT2D eigenvalue weighted by Gasteiger charge is -2.29. The van der Waals surface area contributed by atoms with E-state index in [1.807, 2.05) is 11.0 Å². The van der Waals surface area contributed by atoms with Crippen molar-refractivity contribution in [1.29, 1.82) is 0 Å². The summed E-state index contributed by atoms with van der Waals surface area (Å²) in [5.41, 5.74) is 1.99. The summed E-state index contributed by atoms with van der Waals surface area (Å²) in [4.78, 5) is 37.1. The molecule has 2 fully saturated rings. The van der Waals surface area contributed by atoms with Crippen LogP contribution in [0.5, 0.6) is 0 Å². The molecule has 5 rings (SSSR count). The summed E-state index contributed by atoms with van der Waals surface area (Å²) in [5.74, 6) is 0.793. The number of aromatic nitrogens is 2. The van der Waals surface area contributed by atoms with E-state index in [-0.39, 0.29) is 29.2 Å². The third-order valence-corrected chi connectivity index (χ3v) is 6.30. The van der Waals surface area contributed by atoms with Crippen LogP contribution >= 0.6 is 0 Å². The first kappa shape index (κ1) is 18.5. The summed E-state index contributed by atoms with van der Waals surface area (Å²) >= 11 is 0. The second kappa shape index (κ2) is 7.37. The number of nitrogens with zero attached hydrogens (tertiary/aromatic N) is 3. The second-order valence-corrected chi connectivity index (χ2v) is 8.39. The lowest BCUT2D eigenvalue weighted by molar-refractivity contribution is -0.133.